The maximum absolute atomic E-state index is 12.5. The van der Waals surface area contributed by atoms with Crippen molar-refractivity contribution in [1.29, 1.82) is 0 Å². The van der Waals surface area contributed by atoms with E-state index in [9.17, 15) is 9.59 Å². The van der Waals surface area contributed by atoms with E-state index in [2.05, 4.69) is 19.2 Å². The minimum atomic E-state index is -0.0499. The summed E-state index contributed by atoms with van der Waals surface area (Å²) in [6.45, 7) is 5.01. The van der Waals surface area contributed by atoms with E-state index in [-0.39, 0.29) is 23.8 Å². The Morgan fingerprint density at radius 3 is 2.77 bits per heavy atom. The van der Waals surface area contributed by atoms with Gasteiger partial charge < -0.3 is 14.6 Å². The number of hydrogen-bond acceptors (Lipinski definition) is 3. The summed E-state index contributed by atoms with van der Waals surface area (Å²) in [5.41, 5.74) is 0. The van der Waals surface area contributed by atoms with E-state index in [1.54, 1.807) is 12.3 Å². The summed E-state index contributed by atoms with van der Waals surface area (Å²) in [7, 11) is 0. The number of amides is 2. The summed E-state index contributed by atoms with van der Waals surface area (Å²) in [5.74, 6) is 1.09. The van der Waals surface area contributed by atoms with Gasteiger partial charge in [0.25, 0.3) is 0 Å². The minimum Gasteiger partial charge on any atom is -0.467 e. The molecule has 0 spiro atoms. The first-order chi connectivity index (χ1) is 10.6. The van der Waals surface area contributed by atoms with E-state index in [1.807, 2.05) is 11.0 Å². The second-order valence-electron chi connectivity index (χ2n) is 6.02. The molecule has 5 nitrogen and oxygen atoms in total. The third kappa shape index (κ3) is 4.36. The zero-order chi connectivity index (χ0) is 15.9. The van der Waals surface area contributed by atoms with Gasteiger partial charge in [0.15, 0.2) is 0 Å². The van der Waals surface area contributed by atoms with Crippen molar-refractivity contribution in [3.8, 4) is 0 Å². The van der Waals surface area contributed by atoms with Gasteiger partial charge in [-0.25, -0.2) is 0 Å². The first kappa shape index (κ1) is 16.6. The van der Waals surface area contributed by atoms with Gasteiger partial charge in [0.05, 0.1) is 12.8 Å². The zero-order valence-electron chi connectivity index (χ0n) is 13.5. The van der Waals surface area contributed by atoms with Gasteiger partial charge in [-0.15, -0.1) is 0 Å². The second kappa shape index (κ2) is 8.01. The Kier molecular flexibility index (Phi) is 6.04. The molecule has 1 aliphatic rings. The van der Waals surface area contributed by atoms with E-state index in [0.717, 1.165) is 31.4 Å². The van der Waals surface area contributed by atoms with Crippen molar-refractivity contribution in [1.82, 2.24) is 10.2 Å². The Morgan fingerprint density at radius 1 is 1.45 bits per heavy atom. The molecule has 1 saturated carbocycles. The fraction of sp³-hybridized carbons (Fsp3) is 0.647. The number of rotatable bonds is 8. The van der Waals surface area contributed by atoms with Crippen LogP contribution in [-0.4, -0.2) is 29.3 Å². The summed E-state index contributed by atoms with van der Waals surface area (Å²) < 4.78 is 5.18. The maximum Gasteiger partial charge on any atom is 0.225 e. The van der Waals surface area contributed by atoms with Crippen LogP contribution in [0.3, 0.4) is 0 Å². The third-order valence-electron chi connectivity index (χ3n) is 4.48. The Labute approximate surface area is 132 Å². The van der Waals surface area contributed by atoms with E-state index in [0.29, 0.717) is 19.5 Å². The molecular weight excluding hydrogens is 280 g/mol. The number of furan rings is 1. The van der Waals surface area contributed by atoms with Crippen LogP contribution in [0.2, 0.25) is 0 Å². The Hall–Kier alpha value is -1.78. The molecule has 22 heavy (non-hydrogen) atoms. The molecule has 1 aromatic heterocycles. The highest BCUT2D eigenvalue weighted by Gasteiger charge is 2.31. The van der Waals surface area contributed by atoms with Crippen molar-refractivity contribution < 1.29 is 14.0 Å². The van der Waals surface area contributed by atoms with Crippen LogP contribution in [0.15, 0.2) is 22.8 Å². The Morgan fingerprint density at radius 2 is 2.23 bits per heavy atom. The monoisotopic (exact) mass is 306 g/mol. The molecule has 122 valence electrons. The van der Waals surface area contributed by atoms with E-state index >= 15 is 0 Å². The van der Waals surface area contributed by atoms with Crippen LogP contribution < -0.4 is 5.32 Å². The highest BCUT2D eigenvalue weighted by Crippen LogP contribution is 2.29. The summed E-state index contributed by atoms with van der Waals surface area (Å²) in [6, 6.07) is 3.81. The fourth-order valence-corrected chi connectivity index (χ4v) is 2.57. The molecule has 0 aromatic carbocycles. The molecule has 0 aliphatic heterocycles. The van der Waals surface area contributed by atoms with Crippen molar-refractivity contribution >= 4 is 11.8 Å². The molecule has 1 heterocycles. The van der Waals surface area contributed by atoms with Gasteiger partial charge >= 0.3 is 0 Å². The Bertz CT molecular complexity index is 480. The standard InChI is InChI=1S/C17H26N2O3/c1-3-13(2)19(17(21)14-6-4-7-14)10-9-16(20)18-12-15-8-5-11-22-15/h5,8,11,13-14H,3-4,6-7,9-10,12H2,1-2H3,(H,18,20). The predicted octanol–water partition coefficient (Wildman–Crippen LogP) is 2.71. The van der Waals surface area contributed by atoms with Gasteiger partial charge in [-0.3, -0.25) is 9.59 Å². The number of carbonyl (C=O) groups is 2. The highest BCUT2D eigenvalue weighted by atomic mass is 16.3. The topological polar surface area (TPSA) is 62.6 Å². The van der Waals surface area contributed by atoms with Crippen LogP contribution in [0.25, 0.3) is 0 Å². The molecule has 2 rings (SSSR count). The normalized spacial score (nSPS) is 15.9. The smallest absolute Gasteiger partial charge is 0.225 e. The average molecular weight is 306 g/mol. The fourth-order valence-electron chi connectivity index (χ4n) is 2.57. The largest absolute Gasteiger partial charge is 0.467 e. The SMILES string of the molecule is CCC(C)N(CCC(=O)NCc1ccco1)C(=O)C1CCC1. The van der Waals surface area contributed by atoms with Gasteiger partial charge in [0.1, 0.15) is 5.76 Å². The maximum atomic E-state index is 12.5. The van der Waals surface area contributed by atoms with Gasteiger partial charge in [-0.2, -0.15) is 0 Å². The lowest BCUT2D eigenvalue weighted by Gasteiger charge is -2.35. The predicted molar refractivity (Wildman–Crippen MR) is 84.0 cm³/mol. The molecular formula is C17H26N2O3. The van der Waals surface area contributed by atoms with Gasteiger partial charge in [-0.05, 0) is 38.3 Å². The lowest BCUT2D eigenvalue weighted by molar-refractivity contribution is -0.140. The molecule has 0 saturated heterocycles. The average Bonchev–Trinajstić information content (AvgIpc) is 2.96. The molecule has 5 heteroatoms. The summed E-state index contributed by atoms with van der Waals surface area (Å²) in [6.07, 6.45) is 5.97. The number of hydrogen-bond donors (Lipinski definition) is 1. The zero-order valence-corrected chi connectivity index (χ0v) is 13.5. The Balaban J connectivity index is 1.79. The molecule has 1 fully saturated rings. The third-order valence-corrected chi connectivity index (χ3v) is 4.48. The van der Waals surface area contributed by atoms with Crippen LogP contribution in [0.1, 0.15) is 51.7 Å². The summed E-state index contributed by atoms with van der Waals surface area (Å²) >= 11 is 0. The van der Waals surface area contributed by atoms with Crippen molar-refractivity contribution in [3.05, 3.63) is 24.2 Å². The van der Waals surface area contributed by atoms with E-state index < -0.39 is 0 Å². The van der Waals surface area contributed by atoms with E-state index in [4.69, 9.17) is 4.42 Å². The van der Waals surface area contributed by atoms with Crippen LogP contribution in [0.5, 0.6) is 0 Å². The molecule has 1 aliphatic carbocycles. The van der Waals surface area contributed by atoms with Crippen molar-refractivity contribution in [2.45, 2.75) is 58.5 Å². The van der Waals surface area contributed by atoms with Crippen LogP contribution in [-0.2, 0) is 16.1 Å². The molecule has 1 aromatic rings. The first-order valence-electron chi connectivity index (χ1n) is 8.21. The number of carbonyl (C=O) groups excluding carboxylic acids is 2. The van der Waals surface area contributed by atoms with E-state index in [1.165, 1.54) is 0 Å². The molecule has 0 radical (unpaired) electrons. The highest BCUT2D eigenvalue weighted by molar-refractivity contribution is 5.81. The quantitative estimate of drug-likeness (QED) is 0.803. The lowest BCUT2D eigenvalue weighted by atomic mass is 9.84. The van der Waals surface area contributed by atoms with Crippen LogP contribution in [0.4, 0.5) is 0 Å². The second-order valence-corrected chi connectivity index (χ2v) is 6.02. The first-order valence-corrected chi connectivity index (χ1v) is 8.21. The summed E-state index contributed by atoms with van der Waals surface area (Å²) in [5, 5.41) is 2.82. The van der Waals surface area contributed by atoms with Gasteiger partial charge in [0.2, 0.25) is 11.8 Å². The molecule has 1 unspecified atom stereocenters. The number of nitrogens with one attached hydrogen (secondary N) is 1. The molecule has 0 bridgehead atoms. The van der Waals surface area contributed by atoms with Crippen molar-refractivity contribution in [3.63, 3.8) is 0 Å². The molecule has 1 atom stereocenters. The molecule has 2 amide bonds. The van der Waals surface area contributed by atoms with Gasteiger partial charge in [-0.1, -0.05) is 13.3 Å². The summed E-state index contributed by atoms with van der Waals surface area (Å²) in [4.78, 5) is 26.3. The lowest BCUT2D eigenvalue weighted by Crippen LogP contribution is -2.45. The van der Waals surface area contributed by atoms with Crippen LogP contribution >= 0.6 is 0 Å². The molecule has 1 N–H and O–H groups in total. The number of nitrogens with zero attached hydrogens (tertiary/aromatic N) is 1. The van der Waals surface area contributed by atoms with Crippen molar-refractivity contribution in [2.24, 2.45) is 5.92 Å². The van der Waals surface area contributed by atoms with Gasteiger partial charge in [0, 0.05) is 24.9 Å². The van der Waals surface area contributed by atoms with Crippen LogP contribution in [0, 0.1) is 5.92 Å². The minimum absolute atomic E-state index is 0.0499. The van der Waals surface area contributed by atoms with Crippen molar-refractivity contribution in [2.75, 3.05) is 6.54 Å².